The molecule has 0 radical (unpaired) electrons. The van der Waals surface area contributed by atoms with Crippen LogP contribution in [-0.4, -0.2) is 36.7 Å². The molecule has 5 heteroatoms. The van der Waals surface area contributed by atoms with Gasteiger partial charge in [0.2, 0.25) is 0 Å². The van der Waals surface area contributed by atoms with Gasteiger partial charge in [0.25, 0.3) is 0 Å². The Hall–Kier alpha value is -2.69. The molecular formula is C16H17NO4. The summed E-state index contributed by atoms with van der Waals surface area (Å²) in [6, 6.07) is 11.3. The smallest absolute Gasteiger partial charge is 0.185 e. The number of nitrogens with zero attached hydrogens (tertiary/aromatic N) is 1. The highest BCUT2D eigenvalue weighted by Crippen LogP contribution is 2.28. The van der Waals surface area contributed by atoms with Gasteiger partial charge in [0.05, 0.1) is 24.9 Å². The molecule has 0 aromatic heterocycles. The van der Waals surface area contributed by atoms with E-state index < -0.39 is 0 Å². The third kappa shape index (κ3) is 3.25. The van der Waals surface area contributed by atoms with Gasteiger partial charge in [-0.25, -0.2) is 0 Å². The molecule has 0 heterocycles. The van der Waals surface area contributed by atoms with Gasteiger partial charge in [0.15, 0.2) is 5.78 Å². The number of Topliss-reactive ketones (excluding diaryl/α,β-unsaturated/α-hetero) is 1. The van der Waals surface area contributed by atoms with E-state index in [1.165, 1.54) is 12.1 Å². The van der Waals surface area contributed by atoms with Crippen molar-refractivity contribution in [3.8, 4) is 17.2 Å². The molecule has 0 saturated heterocycles. The second-order valence-corrected chi connectivity index (χ2v) is 4.65. The highest BCUT2D eigenvalue weighted by molar-refractivity contribution is 6.01. The lowest BCUT2D eigenvalue weighted by molar-refractivity contribution is 0.0998. The van der Waals surface area contributed by atoms with Crippen LogP contribution in [0.4, 0.5) is 5.69 Å². The minimum Gasteiger partial charge on any atom is -0.508 e. The van der Waals surface area contributed by atoms with E-state index in [1.54, 1.807) is 19.1 Å². The normalized spacial score (nSPS) is 10.2. The Morgan fingerprint density at radius 3 is 2.57 bits per heavy atom. The lowest BCUT2D eigenvalue weighted by atomic mass is 10.1. The van der Waals surface area contributed by atoms with Gasteiger partial charge in [-0.05, 0) is 24.3 Å². The average Bonchev–Trinajstić information content (AvgIpc) is 2.46. The molecule has 0 unspecified atom stereocenters. The molecular weight excluding hydrogens is 270 g/mol. The minimum absolute atomic E-state index is 0.0814. The predicted octanol–water partition coefficient (Wildman–Crippen LogP) is 2.43. The summed E-state index contributed by atoms with van der Waals surface area (Å²) in [4.78, 5) is 14.0. The lowest BCUT2D eigenvalue weighted by Gasteiger charge is -2.21. The molecule has 0 aliphatic heterocycles. The second-order valence-electron chi connectivity index (χ2n) is 4.65. The Balaban J connectivity index is 2.19. The molecule has 2 N–H and O–H groups in total. The fourth-order valence-electron chi connectivity index (χ4n) is 2.09. The van der Waals surface area contributed by atoms with Crippen LogP contribution in [0, 0.1) is 0 Å². The molecule has 0 bridgehead atoms. The highest BCUT2D eigenvalue weighted by atomic mass is 16.5. The summed E-state index contributed by atoms with van der Waals surface area (Å²) in [7, 11) is 3.34. The first-order chi connectivity index (χ1) is 10.0. The summed E-state index contributed by atoms with van der Waals surface area (Å²) in [6.07, 6.45) is 0. The zero-order valence-corrected chi connectivity index (χ0v) is 11.9. The number of phenols is 2. The van der Waals surface area contributed by atoms with Crippen molar-refractivity contribution in [3.63, 3.8) is 0 Å². The van der Waals surface area contributed by atoms with E-state index in [9.17, 15) is 15.0 Å². The average molecular weight is 287 g/mol. The molecule has 110 valence electrons. The van der Waals surface area contributed by atoms with Crippen LogP contribution in [0.1, 0.15) is 10.4 Å². The maximum absolute atomic E-state index is 12.2. The van der Waals surface area contributed by atoms with E-state index in [4.69, 9.17) is 4.74 Å². The van der Waals surface area contributed by atoms with Gasteiger partial charge in [0, 0.05) is 13.1 Å². The first kappa shape index (κ1) is 14.7. The molecule has 5 nitrogen and oxygen atoms in total. The fourth-order valence-corrected chi connectivity index (χ4v) is 2.09. The number of hydrogen-bond acceptors (Lipinski definition) is 5. The first-order valence-corrected chi connectivity index (χ1v) is 6.42. The van der Waals surface area contributed by atoms with E-state index in [1.807, 2.05) is 24.3 Å². The van der Waals surface area contributed by atoms with Gasteiger partial charge in [-0.1, -0.05) is 12.1 Å². The highest BCUT2D eigenvalue weighted by Gasteiger charge is 2.16. The maximum Gasteiger partial charge on any atom is 0.185 e. The van der Waals surface area contributed by atoms with Gasteiger partial charge in [-0.3, -0.25) is 4.79 Å². The Morgan fingerprint density at radius 2 is 1.90 bits per heavy atom. The number of hydrogen-bond donors (Lipinski definition) is 2. The van der Waals surface area contributed by atoms with Crippen molar-refractivity contribution in [2.75, 3.05) is 25.6 Å². The van der Waals surface area contributed by atoms with Crippen LogP contribution in [-0.2, 0) is 0 Å². The molecule has 0 spiro atoms. The summed E-state index contributed by atoms with van der Waals surface area (Å²) in [5.74, 6) is 0.110. The van der Waals surface area contributed by atoms with Crippen molar-refractivity contribution in [2.45, 2.75) is 0 Å². The number of likely N-dealkylation sites (N-methyl/N-ethyl adjacent to an activating group) is 1. The van der Waals surface area contributed by atoms with Crippen LogP contribution in [0.25, 0.3) is 0 Å². The summed E-state index contributed by atoms with van der Waals surface area (Å²) in [5.41, 5.74) is 0.959. The number of ketones is 1. The van der Waals surface area contributed by atoms with E-state index in [0.29, 0.717) is 5.75 Å². The van der Waals surface area contributed by atoms with E-state index in [2.05, 4.69) is 0 Å². The number of rotatable bonds is 5. The van der Waals surface area contributed by atoms with Crippen molar-refractivity contribution >= 4 is 11.5 Å². The van der Waals surface area contributed by atoms with Gasteiger partial charge >= 0.3 is 0 Å². The van der Waals surface area contributed by atoms with Crippen LogP contribution in [0.15, 0.2) is 42.5 Å². The monoisotopic (exact) mass is 287 g/mol. The zero-order valence-electron chi connectivity index (χ0n) is 11.9. The lowest BCUT2D eigenvalue weighted by Crippen LogP contribution is -2.26. The van der Waals surface area contributed by atoms with Crippen LogP contribution < -0.4 is 9.64 Å². The molecule has 2 aromatic rings. The quantitative estimate of drug-likeness (QED) is 0.826. The van der Waals surface area contributed by atoms with Crippen molar-refractivity contribution in [2.24, 2.45) is 0 Å². The van der Waals surface area contributed by atoms with Crippen molar-refractivity contribution < 1.29 is 19.7 Å². The Bertz CT molecular complexity index is 654. The molecule has 0 amide bonds. The van der Waals surface area contributed by atoms with Gasteiger partial charge < -0.3 is 19.8 Å². The molecule has 0 atom stereocenters. The summed E-state index contributed by atoms with van der Waals surface area (Å²) in [6.45, 7) is 0.0821. The number of phenolic OH excluding ortho intramolecular Hbond substituents is 2. The number of carbonyl (C=O) groups excluding carboxylic acids is 1. The Kier molecular flexibility index (Phi) is 4.33. The molecule has 21 heavy (non-hydrogen) atoms. The van der Waals surface area contributed by atoms with Gasteiger partial charge in [-0.15, -0.1) is 0 Å². The molecule has 2 rings (SSSR count). The van der Waals surface area contributed by atoms with Crippen molar-refractivity contribution in [3.05, 3.63) is 48.0 Å². The number of ether oxygens (including phenoxy) is 1. The fraction of sp³-hybridized carbons (Fsp3) is 0.188. The standard InChI is InChI=1S/C16H17NO4/c1-17(13-5-3-4-6-16(13)21-2)10-15(20)12-8-7-11(18)9-14(12)19/h3-9,18-19H,10H2,1-2H3. The zero-order chi connectivity index (χ0) is 15.4. The topological polar surface area (TPSA) is 70.0 Å². The van der Waals surface area contributed by atoms with Crippen molar-refractivity contribution in [1.29, 1.82) is 0 Å². The first-order valence-electron chi connectivity index (χ1n) is 6.42. The number of methoxy groups -OCH3 is 1. The summed E-state index contributed by atoms with van der Waals surface area (Å²) < 4.78 is 5.26. The van der Waals surface area contributed by atoms with E-state index in [0.717, 1.165) is 11.8 Å². The Labute approximate surface area is 123 Å². The molecule has 0 saturated carbocycles. The van der Waals surface area contributed by atoms with Crippen LogP contribution in [0.2, 0.25) is 0 Å². The number of aromatic hydroxyl groups is 2. The summed E-state index contributed by atoms with van der Waals surface area (Å²) in [5, 5.41) is 19.0. The number of anilines is 1. The van der Waals surface area contributed by atoms with Crippen LogP contribution in [0.3, 0.4) is 0 Å². The number of para-hydroxylation sites is 2. The number of carbonyl (C=O) groups is 1. The minimum atomic E-state index is -0.249. The second kappa shape index (κ2) is 6.17. The molecule has 0 aliphatic rings. The van der Waals surface area contributed by atoms with Crippen LogP contribution in [0.5, 0.6) is 17.2 Å². The molecule has 2 aromatic carbocycles. The SMILES string of the molecule is COc1ccccc1N(C)CC(=O)c1ccc(O)cc1O. The summed E-state index contributed by atoms with van der Waals surface area (Å²) >= 11 is 0. The van der Waals surface area contributed by atoms with Crippen molar-refractivity contribution in [1.82, 2.24) is 0 Å². The van der Waals surface area contributed by atoms with E-state index >= 15 is 0 Å². The molecule has 0 aliphatic carbocycles. The van der Waals surface area contributed by atoms with Gasteiger partial charge in [-0.2, -0.15) is 0 Å². The Morgan fingerprint density at radius 1 is 1.19 bits per heavy atom. The van der Waals surface area contributed by atoms with Gasteiger partial charge in [0.1, 0.15) is 17.2 Å². The largest absolute Gasteiger partial charge is 0.508 e. The number of benzene rings is 2. The predicted molar refractivity (Wildman–Crippen MR) is 80.4 cm³/mol. The third-order valence-electron chi connectivity index (χ3n) is 3.16. The molecule has 0 fully saturated rings. The van der Waals surface area contributed by atoms with E-state index in [-0.39, 0.29) is 29.4 Å². The maximum atomic E-state index is 12.2. The van der Waals surface area contributed by atoms with Crippen LogP contribution >= 0.6 is 0 Å². The third-order valence-corrected chi connectivity index (χ3v) is 3.16.